The van der Waals surface area contributed by atoms with Crippen LogP contribution in [0.2, 0.25) is 0 Å². The minimum absolute atomic E-state index is 0.318. The molecule has 3 rings (SSSR count). The van der Waals surface area contributed by atoms with Gasteiger partial charge in [0.2, 0.25) is 0 Å². The molecule has 5 heteroatoms. The lowest BCUT2D eigenvalue weighted by molar-refractivity contribution is 0.0927. The summed E-state index contributed by atoms with van der Waals surface area (Å²) < 4.78 is 45.5. The van der Waals surface area contributed by atoms with Crippen LogP contribution in [0.1, 0.15) is 28.3 Å². The minimum Gasteiger partial charge on any atom is -0.493 e. The highest BCUT2D eigenvalue weighted by Crippen LogP contribution is 2.36. The molecular weight excluding hydrogens is 281 g/mol. The van der Waals surface area contributed by atoms with Crippen LogP contribution in [0.4, 0.5) is 13.2 Å². The predicted octanol–water partition coefficient (Wildman–Crippen LogP) is 3.85. The molecule has 1 aliphatic heterocycles. The number of Topliss-reactive ketones (excluding diaryl/α,β-unsaturated/α-hetero) is 1. The number of hydrogen-bond acceptors (Lipinski definition) is 2. The maximum atomic E-state index is 13.8. The van der Waals surface area contributed by atoms with Gasteiger partial charge >= 0.3 is 0 Å². The first-order chi connectivity index (χ1) is 10.1. The van der Waals surface area contributed by atoms with Gasteiger partial charge < -0.3 is 4.74 Å². The van der Waals surface area contributed by atoms with Crippen LogP contribution in [0, 0.1) is 17.5 Å². The Kier molecular flexibility index (Phi) is 3.41. The van der Waals surface area contributed by atoms with Crippen LogP contribution in [-0.2, 0) is 0 Å². The van der Waals surface area contributed by atoms with Crippen LogP contribution in [-0.4, -0.2) is 12.4 Å². The summed E-state index contributed by atoms with van der Waals surface area (Å²) in [7, 11) is 0. The normalized spacial score (nSPS) is 17.0. The molecule has 0 aromatic heterocycles. The van der Waals surface area contributed by atoms with Gasteiger partial charge in [0.25, 0.3) is 0 Å². The molecule has 1 heterocycles. The fourth-order valence-electron chi connectivity index (χ4n) is 2.52. The van der Waals surface area contributed by atoms with E-state index in [1.165, 1.54) is 0 Å². The van der Waals surface area contributed by atoms with Gasteiger partial charge in [-0.25, -0.2) is 13.2 Å². The van der Waals surface area contributed by atoms with Crippen molar-refractivity contribution in [3.63, 3.8) is 0 Å². The van der Waals surface area contributed by atoms with Crippen LogP contribution >= 0.6 is 0 Å². The predicted molar refractivity (Wildman–Crippen MR) is 69.9 cm³/mol. The van der Waals surface area contributed by atoms with E-state index in [0.717, 1.165) is 12.1 Å². The zero-order chi connectivity index (χ0) is 15.0. The van der Waals surface area contributed by atoms with E-state index in [2.05, 4.69) is 0 Å². The van der Waals surface area contributed by atoms with Gasteiger partial charge in [-0.1, -0.05) is 18.2 Å². The van der Waals surface area contributed by atoms with Crippen LogP contribution in [0.5, 0.6) is 5.75 Å². The number of hydrogen-bond donors (Lipinski definition) is 0. The average Bonchev–Trinajstić information content (AvgIpc) is 2.51. The van der Waals surface area contributed by atoms with E-state index in [1.807, 2.05) is 0 Å². The molecule has 0 fully saturated rings. The molecule has 0 saturated heterocycles. The van der Waals surface area contributed by atoms with Gasteiger partial charge in [0.15, 0.2) is 23.2 Å². The van der Waals surface area contributed by atoms with Crippen molar-refractivity contribution in [3.8, 4) is 5.75 Å². The monoisotopic (exact) mass is 292 g/mol. The molecule has 108 valence electrons. The van der Waals surface area contributed by atoms with Crippen molar-refractivity contribution in [2.24, 2.45) is 0 Å². The lowest BCUT2D eigenvalue weighted by atomic mass is 9.86. The summed E-state index contributed by atoms with van der Waals surface area (Å²) in [5.74, 6) is -5.00. The van der Waals surface area contributed by atoms with E-state index < -0.39 is 34.7 Å². The summed E-state index contributed by atoms with van der Waals surface area (Å²) in [5, 5.41) is 0. The molecule has 0 N–H and O–H groups in total. The Morgan fingerprint density at radius 2 is 1.81 bits per heavy atom. The van der Waals surface area contributed by atoms with Crippen LogP contribution in [0.25, 0.3) is 0 Å². The highest BCUT2D eigenvalue weighted by molar-refractivity contribution is 6.01. The van der Waals surface area contributed by atoms with Crippen molar-refractivity contribution in [1.29, 1.82) is 0 Å². The number of benzene rings is 2. The summed E-state index contributed by atoms with van der Waals surface area (Å²) in [4.78, 5) is 12.5. The molecule has 2 aromatic rings. The van der Waals surface area contributed by atoms with Gasteiger partial charge in [0.1, 0.15) is 5.75 Å². The number of fused-ring (bicyclic) bond motifs is 1. The van der Waals surface area contributed by atoms with Gasteiger partial charge in [-0.05, 0) is 24.6 Å². The van der Waals surface area contributed by atoms with Crippen LogP contribution < -0.4 is 4.74 Å². The summed E-state index contributed by atoms with van der Waals surface area (Å²) in [6.45, 7) is 0.318. The van der Waals surface area contributed by atoms with Gasteiger partial charge in [-0.15, -0.1) is 0 Å². The Hall–Kier alpha value is -2.30. The summed E-state index contributed by atoms with van der Waals surface area (Å²) in [5.41, 5.74) is 0.202. The Morgan fingerprint density at radius 1 is 1.05 bits per heavy atom. The number of rotatable bonds is 2. The molecule has 0 radical (unpaired) electrons. The minimum atomic E-state index is -1.62. The molecule has 21 heavy (non-hydrogen) atoms. The van der Waals surface area contributed by atoms with Crippen molar-refractivity contribution >= 4 is 5.78 Å². The number of carbonyl (C=O) groups is 1. The second-order valence-electron chi connectivity index (χ2n) is 4.81. The van der Waals surface area contributed by atoms with Gasteiger partial charge in [-0.2, -0.15) is 0 Å². The molecular formula is C16H11F3O2. The first-order valence-corrected chi connectivity index (χ1v) is 6.49. The SMILES string of the molecule is O=C(c1ccc(F)c(F)c1F)C1CCOc2ccccc21. The second kappa shape index (κ2) is 5.24. The first kappa shape index (κ1) is 13.7. The maximum absolute atomic E-state index is 13.8. The molecule has 1 atom stereocenters. The molecule has 0 aliphatic carbocycles. The number of halogens is 3. The van der Waals surface area contributed by atoms with E-state index >= 15 is 0 Å². The standard InChI is InChI=1S/C16H11F3O2/c17-12-6-5-11(14(18)15(12)19)16(20)10-7-8-21-13-4-2-1-3-9(10)13/h1-6,10H,7-8H2. The lowest BCUT2D eigenvalue weighted by Gasteiger charge is -2.25. The van der Waals surface area contributed by atoms with E-state index in [9.17, 15) is 18.0 Å². The molecule has 0 saturated carbocycles. The topological polar surface area (TPSA) is 26.3 Å². The zero-order valence-electron chi connectivity index (χ0n) is 10.9. The van der Waals surface area contributed by atoms with Crippen LogP contribution in [0.15, 0.2) is 36.4 Å². The molecule has 0 bridgehead atoms. The van der Waals surface area contributed by atoms with Gasteiger partial charge in [-0.3, -0.25) is 4.79 Å². The van der Waals surface area contributed by atoms with Gasteiger partial charge in [0, 0.05) is 5.56 Å². The summed E-state index contributed by atoms with van der Waals surface area (Å²) in [6, 6.07) is 8.69. The molecule has 1 unspecified atom stereocenters. The summed E-state index contributed by atoms with van der Waals surface area (Å²) in [6.07, 6.45) is 0.369. The Bertz CT molecular complexity index is 713. The van der Waals surface area contributed by atoms with Crippen LogP contribution in [0.3, 0.4) is 0 Å². The molecule has 2 nitrogen and oxygen atoms in total. The number of ether oxygens (including phenoxy) is 1. The third-order valence-corrected chi connectivity index (χ3v) is 3.58. The number of ketones is 1. The van der Waals surface area contributed by atoms with Crippen molar-refractivity contribution in [2.75, 3.05) is 6.61 Å². The maximum Gasteiger partial charge on any atom is 0.195 e. The highest BCUT2D eigenvalue weighted by Gasteiger charge is 2.31. The summed E-state index contributed by atoms with van der Waals surface area (Å²) >= 11 is 0. The quantitative estimate of drug-likeness (QED) is 0.620. The third kappa shape index (κ3) is 2.28. The third-order valence-electron chi connectivity index (χ3n) is 3.58. The van der Waals surface area contributed by atoms with Gasteiger partial charge in [0.05, 0.1) is 18.1 Å². The number of carbonyl (C=O) groups excluding carboxylic acids is 1. The van der Waals surface area contributed by atoms with E-state index in [0.29, 0.717) is 24.3 Å². The fourth-order valence-corrected chi connectivity index (χ4v) is 2.52. The fraction of sp³-hybridized carbons (Fsp3) is 0.188. The van der Waals surface area contributed by atoms with Crippen molar-refractivity contribution in [3.05, 3.63) is 65.0 Å². The lowest BCUT2D eigenvalue weighted by Crippen LogP contribution is -2.22. The smallest absolute Gasteiger partial charge is 0.195 e. The second-order valence-corrected chi connectivity index (χ2v) is 4.81. The molecule has 0 spiro atoms. The van der Waals surface area contributed by atoms with E-state index in [1.54, 1.807) is 24.3 Å². The van der Waals surface area contributed by atoms with Crippen molar-refractivity contribution in [2.45, 2.75) is 12.3 Å². The van der Waals surface area contributed by atoms with E-state index in [-0.39, 0.29) is 0 Å². The zero-order valence-corrected chi connectivity index (χ0v) is 10.9. The van der Waals surface area contributed by atoms with Crippen molar-refractivity contribution in [1.82, 2.24) is 0 Å². The average molecular weight is 292 g/mol. The van der Waals surface area contributed by atoms with E-state index in [4.69, 9.17) is 4.74 Å². The first-order valence-electron chi connectivity index (χ1n) is 6.49. The molecule has 0 amide bonds. The largest absolute Gasteiger partial charge is 0.493 e. The Morgan fingerprint density at radius 3 is 2.62 bits per heavy atom. The highest BCUT2D eigenvalue weighted by atomic mass is 19.2. The number of para-hydroxylation sites is 1. The molecule has 2 aromatic carbocycles. The Labute approximate surface area is 119 Å². The molecule has 1 aliphatic rings. The van der Waals surface area contributed by atoms with Crippen molar-refractivity contribution < 1.29 is 22.7 Å². The Balaban J connectivity index is 2.03.